The van der Waals surface area contributed by atoms with E-state index in [0.717, 1.165) is 17.5 Å². The second kappa shape index (κ2) is 7.67. The molecule has 6 nitrogen and oxygen atoms in total. The first-order valence-electron chi connectivity index (χ1n) is 9.28. The van der Waals surface area contributed by atoms with E-state index in [1.54, 1.807) is 36.9 Å². The van der Waals surface area contributed by atoms with Crippen LogP contribution in [-0.4, -0.2) is 17.8 Å². The molecule has 1 aromatic heterocycles. The molecule has 0 radical (unpaired) electrons. The molecule has 28 heavy (non-hydrogen) atoms. The standard InChI is InChI=1S/C21H25N3O3S/c1-5-16-12-13-17(6-2)19(14-16)28(26,27)22-20-15(3)23(4)24(21(20)25)18-10-8-7-9-11-18/h7-14,22H,5-6H2,1-4H3. The minimum absolute atomic E-state index is 0.0651. The fourth-order valence-corrected chi connectivity index (χ4v) is 4.71. The van der Waals surface area contributed by atoms with Crippen molar-refractivity contribution in [3.8, 4) is 5.69 Å². The minimum atomic E-state index is -3.90. The van der Waals surface area contributed by atoms with E-state index in [2.05, 4.69) is 4.72 Å². The highest BCUT2D eigenvalue weighted by molar-refractivity contribution is 7.92. The molecule has 0 unspecified atom stereocenters. The molecular formula is C21H25N3O3S. The zero-order valence-corrected chi connectivity index (χ0v) is 17.4. The molecule has 3 aromatic rings. The quantitative estimate of drug-likeness (QED) is 0.690. The van der Waals surface area contributed by atoms with E-state index in [-0.39, 0.29) is 10.6 Å². The molecule has 0 spiro atoms. The van der Waals surface area contributed by atoms with Crippen LogP contribution in [0, 0.1) is 6.92 Å². The van der Waals surface area contributed by atoms with Gasteiger partial charge in [-0.25, -0.2) is 13.1 Å². The van der Waals surface area contributed by atoms with Crippen LogP contribution in [0.3, 0.4) is 0 Å². The summed E-state index contributed by atoms with van der Waals surface area (Å²) >= 11 is 0. The van der Waals surface area contributed by atoms with E-state index in [1.807, 2.05) is 44.2 Å². The summed E-state index contributed by atoms with van der Waals surface area (Å²) in [5.74, 6) is 0. The van der Waals surface area contributed by atoms with Crippen molar-refractivity contribution in [3.05, 3.63) is 75.7 Å². The molecule has 0 aliphatic rings. The highest BCUT2D eigenvalue weighted by atomic mass is 32.2. The van der Waals surface area contributed by atoms with Gasteiger partial charge in [0.15, 0.2) is 0 Å². The Morgan fingerprint density at radius 3 is 2.29 bits per heavy atom. The molecule has 3 rings (SSSR count). The van der Waals surface area contributed by atoms with E-state index in [0.29, 0.717) is 17.8 Å². The maximum atomic E-state index is 13.1. The van der Waals surface area contributed by atoms with Crippen molar-refractivity contribution in [2.24, 2.45) is 7.05 Å². The first-order chi connectivity index (χ1) is 13.3. The van der Waals surface area contributed by atoms with Gasteiger partial charge < -0.3 is 0 Å². The van der Waals surface area contributed by atoms with Crippen molar-refractivity contribution in [2.75, 3.05) is 4.72 Å². The van der Waals surface area contributed by atoms with Gasteiger partial charge in [-0.2, -0.15) is 0 Å². The number of nitrogens with zero attached hydrogens (tertiary/aromatic N) is 2. The lowest BCUT2D eigenvalue weighted by atomic mass is 10.1. The summed E-state index contributed by atoms with van der Waals surface area (Å²) in [6, 6.07) is 14.6. The topological polar surface area (TPSA) is 73.1 Å². The molecular weight excluding hydrogens is 374 g/mol. The van der Waals surface area contributed by atoms with E-state index in [1.165, 1.54) is 4.68 Å². The van der Waals surface area contributed by atoms with Crippen molar-refractivity contribution < 1.29 is 8.42 Å². The van der Waals surface area contributed by atoms with Crippen LogP contribution < -0.4 is 10.3 Å². The summed E-state index contributed by atoms with van der Waals surface area (Å²) in [7, 11) is -2.16. The monoisotopic (exact) mass is 399 g/mol. The Morgan fingerprint density at radius 2 is 1.68 bits per heavy atom. The minimum Gasteiger partial charge on any atom is -0.283 e. The van der Waals surface area contributed by atoms with Crippen molar-refractivity contribution in [1.29, 1.82) is 0 Å². The van der Waals surface area contributed by atoms with Crippen LogP contribution in [0.15, 0.2) is 58.2 Å². The molecule has 0 saturated carbocycles. The fraction of sp³-hybridized carbons (Fsp3) is 0.286. The van der Waals surface area contributed by atoms with Crippen molar-refractivity contribution in [3.63, 3.8) is 0 Å². The number of aromatic nitrogens is 2. The van der Waals surface area contributed by atoms with Gasteiger partial charge in [0.1, 0.15) is 5.69 Å². The summed E-state index contributed by atoms with van der Waals surface area (Å²) in [4.78, 5) is 13.2. The third-order valence-corrected chi connectivity index (χ3v) is 6.43. The smallest absolute Gasteiger partial charge is 0.283 e. The Labute approximate surface area is 165 Å². The van der Waals surface area contributed by atoms with E-state index in [4.69, 9.17) is 0 Å². The Balaban J connectivity index is 2.11. The molecule has 0 aliphatic heterocycles. The first-order valence-corrected chi connectivity index (χ1v) is 10.8. The number of benzene rings is 2. The van der Waals surface area contributed by atoms with Gasteiger partial charge in [0, 0.05) is 7.05 Å². The van der Waals surface area contributed by atoms with Gasteiger partial charge in [0.2, 0.25) is 0 Å². The molecule has 2 aromatic carbocycles. The molecule has 0 aliphatic carbocycles. The second-order valence-electron chi connectivity index (χ2n) is 6.69. The number of aryl methyl sites for hydroxylation is 2. The highest BCUT2D eigenvalue weighted by Crippen LogP contribution is 2.23. The average molecular weight is 400 g/mol. The number of sulfonamides is 1. The summed E-state index contributed by atoms with van der Waals surface area (Å²) in [5, 5.41) is 0. The first kappa shape index (κ1) is 19.9. The average Bonchev–Trinajstić information content (AvgIpc) is 2.91. The predicted molar refractivity (Wildman–Crippen MR) is 112 cm³/mol. The van der Waals surface area contributed by atoms with Crippen molar-refractivity contribution in [2.45, 2.75) is 38.5 Å². The molecule has 148 valence electrons. The lowest BCUT2D eigenvalue weighted by Gasteiger charge is -2.12. The molecule has 1 heterocycles. The number of hydrogen-bond acceptors (Lipinski definition) is 3. The zero-order valence-electron chi connectivity index (χ0n) is 16.6. The predicted octanol–water partition coefficient (Wildman–Crippen LogP) is 3.41. The lowest BCUT2D eigenvalue weighted by Crippen LogP contribution is -2.23. The SMILES string of the molecule is CCc1ccc(CC)c(S(=O)(=O)Nc2c(C)n(C)n(-c3ccccc3)c2=O)c1. The number of para-hydroxylation sites is 1. The van der Waals surface area contributed by atoms with Crippen LogP contribution in [0.2, 0.25) is 0 Å². The van der Waals surface area contributed by atoms with Crippen LogP contribution in [-0.2, 0) is 29.9 Å². The maximum absolute atomic E-state index is 13.1. The lowest BCUT2D eigenvalue weighted by molar-refractivity contribution is 0.600. The summed E-state index contributed by atoms with van der Waals surface area (Å²) in [5.41, 5.74) is 2.54. The van der Waals surface area contributed by atoms with Crippen LogP contribution in [0.5, 0.6) is 0 Å². The number of hydrogen-bond donors (Lipinski definition) is 1. The third-order valence-electron chi connectivity index (χ3n) is 5.00. The second-order valence-corrected chi connectivity index (χ2v) is 8.34. The summed E-state index contributed by atoms with van der Waals surface area (Å²) in [6.45, 7) is 5.61. The molecule has 0 saturated heterocycles. The van der Waals surface area contributed by atoms with Gasteiger partial charge in [-0.1, -0.05) is 44.2 Å². The molecule has 1 N–H and O–H groups in total. The van der Waals surface area contributed by atoms with Crippen molar-refractivity contribution in [1.82, 2.24) is 9.36 Å². The van der Waals surface area contributed by atoms with Gasteiger partial charge in [-0.05, 0) is 49.1 Å². The number of rotatable bonds is 6. The Hall–Kier alpha value is -2.80. The number of anilines is 1. The van der Waals surface area contributed by atoms with Gasteiger partial charge in [-0.3, -0.25) is 14.2 Å². The van der Waals surface area contributed by atoms with Crippen LogP contribution in [0.4, 0.5) is 5.69 Å². The van der Waals surface area contributed by atoms with Gasteiger partial charge >= 0.3 is 0 Å². The number of nitrogens with one attached hydrogen (secondary N) is 1. The van der Waals surface area contributed by atoms with Gasteiger partial charge in [0.05, 0.1) is 16.3 Å². The van der Waals surface area contributed by atoms with Crippen LogP contribution in [0.25, 0.3) is 5.69 Å². The molecule has 0 atom stereocenters. The fourth-order valence-electron chi connectivity index (χ4n) is 3.24. The molecule has 7 heteroatoms. The Bertz CT molecular complexity index is 1160. The van der Waals surface area contributed by atoms with E-state index < -0.39 is 15.6 Å². The van der Waals surface area contributed by atoms with Crippen LogP contribution in [0.1, 0.15) is 30.7 Å². The van der Waals surface area contributed by atoms with Crippen LogP contribution >= 0.6 is 0 Å². The molecule has 0 amide bonds. The normalized spacial score (nSPS) is 11.6. The molecule has 0 bridgehead atoms. The van der Waals surface area contributed by atoms with E-state index >= 15 is 0 Å². The Morgan fingerprint density at radius 1 is 1.00 bits per heavy atom. The molecule has 0 fully saturated rings. The maximum Gasteiger partial charge on any atom is 0.296 e. The summed E-state index contributed by atoms with van der Waals surface area (Å²) < 4.78 is 31.9. The van der Waals surface area contributed by atoms with E-state index in [9.17, 15) is 13.2 Å². The van der Waals surface area contributed by atoms with Gasteiger partial charge in [0.25, 0.3) is 15.6 Å². The zero-order chi connectivity index (χ0) is 20.5. The Kier molecular flexibility index (Phi) is 5.47. The third kappa shape index (κ3) is 3.49. The largest absolute Gasteiger partial charge is 0.296 e. The van der Waals surface area contributed by atoms with Gasteiger partial charge in [-0.15, -0.1) is 0 Å². The summed E-state index contributed by atoms with van der Waals surface area (Å²) in [6.07, 6.45) is 1.32. The highest BCUT2D eigenvalue weighted by Gasteiger charge is 2.24. The van der Waals surface area contributed by atoms with Crippen molar-refractivity contribution >= 4 is 15.7 Å².